The fraction of sp³-hybridized carbons (Fsp3) is 0.238. The normalized spacial score (nSPS) is 11.8. The van der Waals surface area contributed by atoms with Gasteiger partial charge in [0.05, 0.1) is 17.6 Å². The lowest BCUT2D eigenvalue weighted by molar-refractivity contribution is 0.0523. The number of rotatable bonds is 5. The standard InChI is InChI=1S/C21H21N2O4S2/c1-21(2,3)27-20(24)23-13-18-22-14-19(28-18)29(25,26)17-11-7-10-16(12-17)15-8-5-4-6-9-15/h4-6,8-12,14H,13H2,1-3H3,(H,23,24). The molecule has 6 nitrogen and oxygen atoms in total. The van der Waals surface area contributed by atoms with Crippen LogP contribution < -0.4 is 5.32 Å². The van der Waals surface area contributed by atoms with E-state index in [0.29, 0.717) is 5.01 Å². The zero-order valence-corrected chi connectivity index (χ0v) is 17.9. The van der Waals surface area contributed by atoms with Crippen molar-refractivity contribution in [2.24, 2.45) is 0 Å². The molecule has 3 rings (SSSR count). The highest BCUT2D eigenvalue weighted by Crippen LogP contribution is 2.29. The Morgan fingerprint density at radius 1 is 1.17 bits per heavy atom. The van der Waals surface area contributed by atoms with Gasteiger partial charge in [0, 0.05) is 0 Å². The van der Waals surface area contributed by atoms with Crippen LogP contribution in [0.15, 0.2) is 63.8 Å². The van der Waals surface area contributed by atoms with Crippen LogP contribution in [0, 0.1) is 6.07 Å². The highest BCUT2D eigenvalue weighted by molar-refractivity contribution is 7.93. The molecule has 0 unspecified atom stereocenters. The van der Waals surface area contributed by atoms with Crippen LogP contribution in [0.4, 0.5) is 4.79 Å². The Bertz CT molecular complexity index is 1100. The van der Waals surface area contributed by atoms with E-state index >= 15 is 0 Å². The third-order valence-electron chi connectivity index (χ3n) is 3.76. The maximum atomic E-state index is 13.0. The minimum Gasteiger partial charge on any atom is -0.444 e. The number of sulfone groups is 1. The Kier molecular flexibility index (Phi) is 6.04. The first-order valence-corrected chi connectivity index (χ1v) is 11.2. The number of thiazole rings is 1. The van der Waals surface area contributed by atoms with Gasteiger partial charge in [0.15, 0.2) is 0 Å². The molecule has 2 aromatic carbocycles. The number of carbonyl (C=O) groups excluding carboxylic acids is 1. The molecule has 3 aromatic rings. The second-order valence-corrected chi connectivity index (χ2v) is 10.5. The number of ether oxygens (including phenoxy) is 1. The number of nitrogens with zero attached hydrogens (tertiary/aromatic N) is 1. The number of aromatic nitrogens is 1. The molecule has 0 aliphatic carbocycles. The first-order chi connectivity index (χ1) is 13.6. The molecular weight excluding hydrogens is 408 g/mol. The molecule has 0 atom stereocenters. The summed E-state index contributed by atoms with van der Waals surface area (Å²) in [5.74, 6) is 0. The van der Waals surface area contributed by atoms with Gasteiger partial charge in [0.1, 0.15) is 14.8 Å². The Morgan fingerprint density at radius 2 is 1.90 bits per heavy atom. The van der Waals surface area contributed by atoms with Crippen LogP contribution in [-0.4, -0.2) is 25.1 Å². The van der Waals surface area contributed by atoms with E-state index in [0.717, 1.165) is 22.5 Å². The van der Waals surface area contributed by atoms with Crippen molar-refractivity contribution in [3.8, 4) is 11.1 Å². The van der Waals surface area contributed by atoms with Crippen LogP contribution in [0.2, 0.25) is 0 Å². The Balaban J connectivity index is 1.77. The summed E-state index contributed by atoms with van der Waals surface area (Å²) >= 11 is 1.01. The lowest BCUT2D eigenvalue weighted by atomic mass is 10.1. The summed E-state index contributed by atoms with van der Waals surface area (Å²) in [6, 6.07) is 17.2. The van der Waals surface area contributed by atoms with Crippen LogP contribution in [-0.2, 0) is 21.1 Å². The number of hydrogen-bond donors (Lipinski definition) is 1. The molecule has 1 radical (unpaired) electrons. The van der Waals surface area contributed by atoms with Gasteiger partial charge in [-0.3, -0.25) is 0 Å². The van der Waals surface area contributed by atoms with Crippen molar-refractivity contribution < 1.29 is 17.9 Å². The summed E-state index contributed by atoms with van der Waals surface area (Å²) in [6.45, 7) is 5.38. The van der Waals surface area contributed by atoms with Crippen molar-refractivity contribution in [3.05, 3.63) is 65.8 Å². The van der Waals surface area contributed by atoms with Crippen molar-refractivity contribution in [2.45, 2.75) is 42.0 Å². The smallest absolute Gasteiger partial charge is 0.408 e. The van der Waals surface area contributed by atoms with Gasteiger partial charge >= 0.3 is 6.09 Å². The third kappa shape index (κ3) is 5.42. The molecular formula is C21H21N2O4S2. The summed E-state index contributed by atoms with van der Waals surface area (Å²) in [6.07, 6.45) is 0.726. The molecule has 0 saturated heterocycles. The zero-order valence-electron chi connectivity index (χ0n) is 16.3. The monoisotopic (exact) mass is 429 g/mol. The number of carbonyl (C=O) groups is 1. The number of alkyl carbamates (subject to hydrolysis) is 1. The number of hydrogen-bond acceptors (Lipinski definition) is 6. The second kappa shape index (κ2) is 8.34. The van der Waals surface area contributed by atoms with E-state index in [1.807, 2.05) is 30.3 Å². The van der Waals surface area contributed by atoms with Gasteiger partial charge in [-0.15, -0.1) is 11.3 Å². The Hall–Kier alpha value is -2.71. The molecule has 0 aliphatic heterocycles. The topological polar surface area (TPSA) is 85.4 Å². The molecule has 0 spiro atoms. The quantitative estimate of drug-likeness (QED) is 0.647. The predicted octanol–water partition coefficient (Wildman–Crippen LogP) is 4.47. The maximum Gasteiger partial charge on any atom is 0.408 e. The van der Waals surface area contributed by atoms with Crippen molar-refractivity contribution in [3.63, 3.8) is 0 Å². The SMILES string of the molecule is CC(C)(C)OC(=O)NCc1ncc(S(=O)(=O)c2c[c]cc(-c3ccccc3)c2)s1. The van der Waals surface area contributed by atoms with Crippen molar-refractivity contribution in [1.29, 1.82) is 0 Å². The molecule has 1 aromatic heterocycles. The van der Waals surface area contributed by atoms with Crippen LogP contribution >= 0.6 is 11.3 Å². The van der Waals surface area contributed by atoms with Gasteiger partial charge in [-0.25, -0.2) is 18.2 Å². The number of nitrogens with one attached hydrogen (secondary N) is 1. The lowest BCUT2D eigenvalue weighted by Gasteiger charge is -2.19. The molecule has 8 heteroatoms. The summed E-state index contributed by atoms with van der Waals surface area (Å²) in [5.41, 5.74) is 1.07. The molecule has 29 heavy (non-hydrogen) atoms. The minimum atomic E-state index is -3.74. The number of amides is 1. The van der Waals surface area contributed by atoms with Gasteiger partial charge in [0.2, 0.25) is 9.84 Å². The van der Waals surface area contributed by atoms with Gasteiger partial charge in [-0.1, -0.05) is 30.3 Å². The molecule has 1 N–H and O–H groups in total. The number of benzene rings is 2. The highest BCUT2D eigenvalue weighted by atomic mass is 32.2. The van der Waals surface area contributed by atoms with E-state index < -0.39 is 21.5 Å². The minimum absolute atomic E-state index is 0.0886. The molecule has 0 bridgehead atoms. The average molecular weight is 430 g/mol. The molecule has 1 heterocycles. The largest absolute Gasteiger partial charge is 0.444 e. The van der Waals surface area contributed by atoms with Gasteiger partial charge in [-0.2, -0.15) is 0 Å². The van der Waals surface area contributed by atoms with E-state index in [2.05, 4.69) is 16.4 Å². The van der Waals surface area contributed by atoms with E-state index in [1.54, 1.807) is 32.9 Å². The maximum absolute atomic E-state index is 13.0. The first-order valence-electron chi connectivity index (χ1n) is 8.88. The molecule has 0 aliphatic rings. The zero-order chi connectivity index (χ0) is 21.1. The average Bonchev–Trinajstić information content (AvgIpc) is 3.16. The summed E-state index contributed by atoms with van der Waals surface area (Å²) in [5, 5.41) is 3.05. The Labute approximate surface area is 174 Å². The van der Waals surface area contributed by atoms with Crippen molar-refractivity contribution in [1.82, 2.24) is 10.3 Å². The first kappa shape index (κ1) is 21.0. The van der Waals surface area contributed by atoms with Crippen LogP contribution in [0.5, 0.6) is 0 Å². The predicted molar refractivity (Wildman–Crippen MR) is 111 cm³/mol. The van der Waals surface area contributed by atoms with Crippen LogP contribution in [0.3, 0.4) is 0 Å². The van der Waals surface area contributed by atoms with Crippen molar-refractivity contribution >= 4 is 27.3 Å². The molecule has 1 amide bonds. The third-order valence-corrected chi connectivity index (χ3v) is 6.95. The summed E-state index contributed by atoms with van der Waals surface area (Å²) < 4.78 is 31.3. The summed E-state index contributed by atoms with van der Waals surface area (Å²) in [4.78, 5) is 16.0. The second-order valence-electron chi connectivity index (χ2n) is 7.26. The van der Waals surface area contributed by atoms with Gasteiger partial charge in [0.25, 0.3) is 0 Å². The Morgan fingerprint density at radius 3 is 2.59 bits per heavy atom. The fourth-order valence-corrected chi connectivity index (χ4v) is 5.01. The molecule has 0 saturated carbocycles. The van der Waals surface area contributed by atoms with E-state index in [4.69, 9.17) is 4.74 Å². The van der Waals surface area contributed by atoms with Crippen LogP contribution in [0.25, 0.3) is 11.1 Å². The van der Waals surface area contributed by atoms with Gasteiger partial charge in [-0.05, 0) is 56.2 Å². The summed E-state index contributed by atoms with van der Waals surface area (Å²) in [7, 11) is -3.74. The van der Waals surface area contributed by atoms with Gasteiger partial charge < -0.3 is 10.1 Å². The van der Waals surface area contributed by atoms with E-state index in [9.17, 15) is 13.2 Å². The molecule has 0 fully saturated rings. The molecule has 151 valence electrons. The van der Waals surface area contributed by atoms with Crippen molar-refractivity contribution in [2.75, 3.05) is 0 Å². The van der Waals surface area contributed by atoms with Crippen LogP contribution in [0.1, 0.15) is 25.8 Å². The lowest BCUT2D eigenvalue weighted by Crippen LogP contribution is -2.32. The van der Waals surface area contributed by atoms with E-state index in [-0.39, 0.29) is 15.6 Å². The fourth-order valence-electron chi connectivity index (χ4n) is 2.48. The highest BCUT2D eigenvalue weighted by Gasteiger charge is 2.22. The van der Waals surface area contributed by atoms with E-state index in [1.165, 1.54) is 12.3 Å².